The fourth-order valence-electron chi connectivity index (χ4n) is 3.20. The summed E-state index contributed by atoms with van der Waals surface area (Å²) in [6.45, 7) is 3.77. The fraction of sp³-hybridized carbons (Fsp3) is 0.250. The maximum absolute atomic E-state index is 12.9. The predicted molar refractivity (Wildman–Crippen MR) is 111 cm³/mol. The highest BCUT2D eigenvalue weighted by molar-refractivity contribution is 7.99. The number of nitrogens with one attached hydrogen (secondary N) is 1. The van der Waals surface area contributed by atoms with Gasteiger partial charge in [0.1, 0.15) is 6.04 Å². The molecular formula is C20H20N6O2S. The second-order valence-corrected chi connectivity index (χ2v) is 7.78. The van der Waals surface area contributed by atoms with Gasteiger partial charge >= 0.3 is 0 Å². The average Bonchev–Trinajstić information content (AvgIpc) is 3.39. The van der Waals surface area contributed by atoms with Crippen LogP contribution in [-0.4, -0.2) is 54.6 Å². The minimum Gasteiger partial charge on any atom is -0.324 e. The first-order valence-electron chi connectivity index (χ1n) is 9.15. The number of rotatable bonds is 4. The van der Waals surface area contributed by atoms with Gasteiger partial charge in [0, 0.05) is 17.0 Å². The first kappa shape index (κ1) is 19.1. The molecular weight excluding hydrogens is 388 g/mol. The van der Waals surface area contributed by atoms with Gasteiger partial charge in [0.15, 0.2) is 5.82 Å². The summed E-state index contributed by atoms with van der Waals surface area (Å²) in [4.78, 5) is 27.4. The lowest BCUT2D eigenvalue weighted by atomic mass is 10.1. The van der Waals surface area contributed by atoms with E-state index in [1.54, 1.807) is 33.5 Å². The number of tetrazole rings is 1. The van der Waals surface area contributed by atoms with E-state index in [9.17, 15) is 9.59 Å². The number of amides is 2. The van der Waals surface area contributed by atoms with E-state index in [-0.39, 0.29) is 11.8 Å². The Kier molecular flexibility index (Phi) is 5.30. The van der Waals surface area contributed by atoms with Crippen molar-refractivity contribution in [1.29, 1.82) is 0 Å². The molecule has 0 bridgehead atoms. The van der Waals surface area contributed by atoms with Crippen molar-refractivity contribution in [3.8, 4) is 5.69 Å². The largest absolute Gasteiger partial charge is 0.324 e. The van der Waals surface area contributed by atoms with E-state index in [4.69, 9.17) is 0 Å². The maximum Gasteiger partial charge on any atom is 0.255 e. The molecule has 3 aromatic rings. The summed E-state index contributed by atoms with van der Waals surface area (Å²) in [7, 11) is 0. The van der Waals surface area contributed by atoms with Gasteiger partial charge in [-0.1, -0.05) is 24.3 Å². The van der Waals surface area contributed by atoms with Gasteiger partial charge in [0.25, 0.3) is 5.91 Å². The molecule has 1 aliphatic rings. The van der Waals surface area contributed by atoms with E-state index in [2.05, 4.69) is 20.8 Å². The van der Waals surface area contributed by atoms with Gasteiger partial charge in [-0.05, 0) is 54.1 Å². The molecule has 2 amide bonds. The van der Waals surface area contributed by atoms with Gasteiger partial charge in [0.05, 0.1) is 11.6 Å². The van der Waals surface area contributed by atoms with E-state index < -0.39 is 6.04 Å². The monoisotopic (exact) mass is 408 g/mol. The Bertz CT molecular complexity index is 1050. The zero-order valence-electron chi connectivity index (χ0n) is 16.1. The van der Waals surface area contributed by atoms with Gasteiger partial charge in [-0.25, -0.2) is 0 Å². The number of nitrogens with zero attached hydrogens (tertiary/aromatic N) is 5. The molecule has 8 nitrogen and oxygen atoms in total. The number of carbonyl (C=O) groups is 2. The summed E-state index contributed by atoms with van der Waals surface area (Å²) in [6, 6.07) is 14.1. The standard InChI is InChI=1S/C20H20N6O2S/c1-13-8-9-16(10-17(13)26-14(2)22-23-24-26)21-19(27)18-11-29-12-25(18)20(28)15-6-4-3-5-7-15/h3-10,18H,11-12H2,1-2H3,(H,21,27)/t18-/m0/s1. The first-order chi connectivity index (χ1) is 14.0. The maximum atomic E-state index is 12.9. The summed E-state index contributed by atoms with van der Waals surface area (Å²) >= 11 is 1.57. The smallest absolute Gasteiger partial charge is 0.255 e. The number of thioether (sulfide) groups is 1. The van der Waals surface area contributed by atoms with Crippen LogP contribution in [0.1, 0.15) is 21.7 Å². The van der Waals surface area contributed by atoms with E-state index in [0.29, 0.717) is 28.7 Å². The van der Waals surface area contributed by atoms with E-state index in [0.717, 1.165) is 11.3 Å². The molecule has 1 N–H and O–H groups in total. The molecule has 0 spiro atoms. The lowest BCUT2D eigenvalue weighted by Gasteiger charge is -2.23. The number of benzene rings is 2. The lowest BCUT2D eigenvalue weighted by Crippen LogP contribution is -2.44. The third-order valence-corrected chi connectivity index (χ3v) is 5.81. The van der Waals surface area contributed by atoms with Gasteiger partial charge in [0.2, 0.25) is 5.91 Å². The molecule has 0 unspecified atom stereocenters. The Morgan fingerprint density at radius 3 is 2.66 bits per heavy atom. The van der Waals surface area contributed by atoms with Crippen LogP contribution < -0.4 is 5.32 Å². The van der Waals surface area contributed by atoms with Crippen molar-refractivity contribution in [3.63, 3.8) is 0 Å². The Labute approximate surface area is 172 Å². The summed E-state index contributed by atoms with van der Waals surface area (Å²) in [5.41, 5.74) is 2.99. The fourth-order valence-corrected chi connectivity index (χ4v) is 4.36. The van der Waals surface area contributed by atoms with E-state index in [1.807, 2.05) is 50.2 Å². The Hall–Kier alpha value is -3.20. The molecule has 2 aromatic carbocycles. The van der Waals surface area contributed by atoms with Crippen molar-refractivity contribution in [2.24, 2.45) is 0 Å². The Morgan fingerprint density at radius 1 is 1.14 bits per heavy atom. The van der Waals surface area contributed by atoms with Crippen molar-refractivity contribution in [1.82, 2.24) is 25.1 Å². The molecule has 1 aliphatic heterocycles. The SMILES string of the molecule is Cc1ccc(NC(=O)[C@@H]2CSCN2C(=O)c2ccccc2)cc1-n1nnnc1C. The summed E-state index contributed by atoms with van der Waals surface area (Å²) in [6.07, 6.45) is 0. The van der Waals surface area contributed by atoms with Crippen molar-refractivity contribution in [3.05, 3.63) is 65.5 Å². The number of anilines is 1. The van der Waals surface area contributed by atoms with Crippen LogP contribution in [0.4, 0.5) is 5.69 Å². The molecule has 1 aromatic heterocycles. The van der Waals surface area contributed by atoms with Gasteiger partial charge in [-0.15, -0.1) is 16.9 Å². The highest BCUT2D eigenvalue weighted by Crippen LogP contribution is 2.25. The van der Waals surface area contributed by atoms with Crippen molar-refractivity contribution >= 4 is 29.3 Å². The number of carbonyl (C=O) groups excluding carboxylic acids is 2. The zero-order valence-corrected chi connectivity index (χ0v) is 16.9. The normalized spacial score (nSPS) is 16.1. The minimum absolute atomic E-state index is 0.135. The quantitative estimate of drug-likeness (QED) is 0.713. The predicted octanol–water partition coefficient (Wildman–Crippen LogP) is 2.43. The molecule has 1 saturated heterocycles. The van der Waals surface area contributed by atoms with Crippen molar-refractivity contribution in [2.75, 3.05) is 16.9 Å². The Morgan fingerprint density at radius 2 is 1.93 bits per heavy atom. The van der Waals surface area contributed by atoms with Gasteiger partial charge < -0.3 is 10.2 Å². The highest BCUT2D eigenvalue weighted by atomic mass is 32.2. The molecule has 0 radical (unpaired) electrons. The molecule has 1 fully saturated rings. The number of aryl methyl sites for hydroxylation is 2. The second kappa shape index (κ2) is 8.04. The van der Waals surface area contributed by atoms with Crippen LogP contribution in [0.3, 0.4) is 0 Å². The molecule has 0 saturated carbocycles. The summed E-state index contributed by atoms with van der Waals surface area (Å²) in [5, 5.41) is 14.5. The first-order valence-corrected chi connectivity index (χ1v) is 10.3. The topological polar surface area (TPSA) is 93.0 Å². The molecule has 29 heavy (non-hydrogen) atoms. The second-order valence-electron chi connectivity index (χ2n) is 6.79. The third-order valence-electron chi connectivity index (χ3n) is 4.80. The molecule has 148 valence electrons. The van der Waals surface area contributed by atoms with Crippen LogP contribution in [0.2, 0.25) is 0 Å². The van der Waals surface area contributed by atoms with Gasteiger partial charge in [-0.2, -0.15) is 4.68 Å². The minimum atomic E-state index is -0.521. The van der Waals surface area contributed by atoms with E-state index >= 15 is 0 Å². The van der Waals surface area contributed by atoms with Crippen LogP contribution in [0.25, 0.3) is 5.69 Å². The average molecular weight is 408 g/mol. The Balaban J connectivity index is 1.53. The van der Waals surface area contributed by atoms with Crippen LogP contribution in [-0.2, 0) is 4.79 Å². The molecule has 4 rings (SSSR count). The summed E-state index contributed by atoms with van der Waals surface area (Å²) < 4.78 is 1.63. The third kappa shape index (κ3) is 3.86. The van der Waals surface area contributed by atoms with Crippen molar-refractivity contribution in [2.45, 2.75) is 19.9 Å². The molecule has 1 atom stereocenters. The zero-order chi connectivity index (χ0) is 20.4. The molecule has 0 aliphatic carbocycles. The highest BCUT2D eigenvalue weighted by Gasteiger charge is 2.35. The van der Waals surface area contributed by atoms with Crippen LogP contribution in [0.5, 0.6) is 0 Å². The number of aromatic nitrogens is 4. The molecule has 2 heterocycles. The lowest BCUT2D eigenvalue weighted by molar-refractivity contribution is -0.119. The van der Waals surface area contributed by atoms with Gasteiger partial charge in [-0.3, -0.25) is 9.59 Å². The van der Waals surface area contributed by atoms with Crippen LogP contribution in [0, 0.1) is 13.8 Å². The van der Waals surface area contributed by atoms with Crippen LogP contribution in [0.15, 0.2) is 48.5 Å². The van der Waals surface area contributed by atoms with E-state index in [1.165, 1.54) is 0 Å². The summed E-state index contributed by atoms with van der Waals surface area (Å²) in [5.74, 6) is 1.37. The van der Waals surface area contributed by atoms with Crippen LogP contribution >= 0.6 is 11.8 Å². The molecule has 9 heteroatoms. The number of hydrogen-bond donors (Lipinski definition) is 1. The number of hydrogen-bond acceptors (Lipinski definition) is 6. The van der Waals surface area contributed by atoms with Crippen molar-refractivity contribution < 1.29 is 9.59 Å².